The molecule has 1 N–H and O–H groups in total. The molecule has 0 aliphatic heterocycles. The van der Waals surface area contributed by atoms with E-state index in [-0.39, 0.29) is 18.1 Å². The number of carbonyl (C=O) groups excluding carboxylic acids is 1. The maximum atomic E-state index is 13.3. The lowest BCUT2D eigenvalue weighted by atomic mass is 9.83. The third kappa shape index (κ3) is 3.87. The van der Waals surface area contributed by atoms with E-state index in [0.717, 1.165) is 50.5 Å². The molecule has 0 bridgehead atoms. The van der Waals surface area contributed by atoms with E-state index in [2.05, 4.69) is 15.1 Å². The summed E-state index contributed by atoms with van der Waals surface area (Å²) in [5.74, 6) is 0.924. The summed E-state index contributed by atoms with van der Waals surface area (Å²) in [6, 6.07) is 11.3. The average Bonchev–Trinajstić information content (AvgIpc) is 3.56. The van der Waals surface area contributed by atoms with Crippen LogP contribution in [0.2, 0.25) is 0 Å². The Morgan fingerprint density at radius 2 is 1.97 bits per heavy atom. The fraction of sp³-hybridized carbons (Fsp3) is 0.478. The number of fused-ring (bicyclic) bond motifs is 1. The Hall–Kier alpha value is -3.00. The molecule has 0 unspecified atom stereocenters. The van der Waals surface area contributed by atoms with Crippen LogP contribution in [0.3, 0.4) is 0 Å². The minimum Gasteiger partial charge on any atom is -0.359 e. The zero-order chi connectivity index (χ0) is 21.4. The van der Waals surface area contributed by atoms with Crippen LogP contribution in [0.15, 0.2) is 41.2 Å². The number of rotatable bonds is 6. The minimum atomic E-state index is -0.804. The number of amides is 1. The number of hydrogen-bond donors (Lipinski definition) is 1. The van der Waals surface area contributed by atoms with Crippen LogP contribution in [-0.2, 0) is 16.1 Å². The van der Waals surface area contributed by atoms with E-state index >= 15 is 0 Å². The fourth-order valence-corrected chi connectivity index (χ4v) is 4.43. The Kier molecular flexibility index (Phi) is 5.09. The lowest BCUT2D eigenvalue weighted by Crippen LogP contribution is -2.51. The van der Waals surface area contributed by atoms with Crippen molar-refractivity contribution in [2.75, 3.05) is 7.05 Å². The number of H-pyrrole nitrogens is 1. The molecule has 0 atom stereocenters. The van der Waals surface area contributed by atoms with Crippen molar-refractivity contribution >= 4 is 11.7 Å². The van der Waals surface area contributed by atoms with Gasteiger partial charge in [0.25, 0.3) is 11.5 Å². The Balaban J connectivity index is 1.40. The van der Waals surface area contributed by atoms with E-state index in [0.29, 0.717) is 23.3 Å². The smallest absolute Gasteiger partial charge is 0.275 e. The van der Waals surface area contributed by atoms with Crippen LogP contribution in [0.1, 0.15) is 50.6 Å². The molecular weight excluding hydrogens is 394 g/mol. The van der Waals surface area contributed by atoms with Gasteiger partial charge in [-0.15, -0.1) is 5.10 Å². The molecule has 2 aliphatic rings. The molecular formula is C23H27N5O3. The predicted molar refractivity (Wildman–Crippen MR) is 115 cm³/mol. The van der Waals surface area contributed by atoms with Gasteiger partial charge in [0.1, 0.15) is 5.60 Å². The van der Waals surface area contributed by atoms with E-state index < -0.39 is 5.60 Å². The van der Waals surface area contributed by atoms with Crippen LogP contribution < -0.4 is 5.56 Å². The molecule has 2 aromatic heterocycles. The van der Waals surface area contributed by atoms with Gasteiger partial charge in [0.15, 0.2) is 5.82 Å². The van der Waals surface area contributed by atoms with Crippen molar-refractivity contribution in [2.45, 2.75) is 63.2 Å². The number of aromatic amines is 1. The Labute approximate surface area is 180 Å². The minimum absolute atomic E-state index is 0.0759. The Morgan fingerprint density at radius 3 is 2.68 bits per heavy atom. The van der Waals surface area contributed by atoms with Gasteiger partial charge in [0, 0.05) is 30.4 Å². The number of nitrogens with one attached hydrogen (secondary N) is 1. The highest BCUT2D eigenvalue weighted by atomic mass is 16.5. The van der Waals surface area contributed by atoms with E-state index in [9.17, 15) is 9.59 Å². The number of benzene rings is 1. The van der Waals surface area contributed by atoms with Gasteiger partial charge in [-0.25, -0.2) is 0 Å². The first-order chi connectivity index (χ1) is 15.1. The monoisotopic (exact) mass is 421 g/mol. The summed E-state index contributed by atoms with van der Waals surface area (Å²) in [6.45, 7) is 0.156. The molecule has 8 heteroatoms. The number of carbonyl (C=O) groups is 1. The molecule has 2 saturated carbocycles. The third-order valence-electron chi connectivity index (χ3n) is 6.39. The van der Waals surface area contributed by atoms with Gasteiger partial charge in [-0.1, -0.05) is 49.6 Å². The SMILES string of the molecule is CN(C(=O)C1(OCc2cc(=O)n3nc(-c4ccccc4)nc3[nH]2)CCCCC1)C1CC1. The zero-order valence-electron chi connectivity index (χ0n) is 17.7. The molecule has 1 aromatic carbocycles. The normalized spacial score (nSPS) is 18.2. The highest BCUT2D eigenvalue weighted by molar-refractivity contribution is 5.85. The summed E-state index contributed by atoms with van der Waals surface area (Å²) in [5, 5.41) is 4.33. The summed E-state index contributed by atoms with van der Waals surface area (Å²) < 4.78 is 7.55. The molecule has 2 fully saturated rings. The van der Waals surface area contributed by atoms with Gasteiger partial charge in [0.05, 0.1) is 6.61 Å². The number of aromatic nitrogens is 4. The average molecular weight is 422 g/mol. The fourth-order valence-electron chi connectivity index (χ4n) is 4.43. The van der Waals surface area contributed by atoms with Crippen molar-refractivity contribution in [3.63, 3.8) is 0 Å². The van der Waals surface area contributed by atoms with Crippen LogP contribution in [-0.4, -0.2) is 49.1 Å². The van der Waals surface area contributed by atoms with Gasteiger partial charge >= 0.3 is 0 Å². The standard InChI is InChI=1S/C23H27N5O3/c1-27(18-10-11-18)21(30)23(12-6-3-7-13-23)31-15-17-14-19(29)28-22(24-17)25-20(26-28)16-8-4-2-5-9-16/h2,4-5,8-9,14,18H,3,6-7,10-13,15H2,1H3,(H,24,25,26). The molecule has 162 valence electrons. The van der Waals surface area contributed by atoms with Gasteiger partial charge < -0.3 is 14.6 Å². The second-order valence-electron chi connectivity index (χ2n) is 8.66. The van der Waals surface area contributed by atoms with Crippen molar-refractivity contribution in [1.82, 2.24) is 24.5 Å². The van der Waals surface area contributed by atoms with Crippen LogP contribution in [0, 0.1) is 0 Å². The quantitative estimate of drug-likeness (QED) is 0.661. The number of likely N-dealkylation sites (N-methyl/N-ethyl adjacent to an activating group) is 1. The molecule has 0 spiro atoms. The summed E-state index contributed by atoms with van der Waals surface area (Å²) in [7, 11) is 1.88. The molecule has 3 aromatic rings. The number of ether oxygens (including phenoxy) is 1. The number of nitrogens with zero attached hydrogens (tertiary/aromatic N) is 4. The third-order valence-corrected chi connectivity index (χ3v) is 6.39. The summed E-state index contributed by atoms with van der Waals surface area (Å²) in [4.78, 5) is 35.4. The van der Waals surface area contributed by atoms with E-state index in [1.54, 1.807) is 0 Å². The second-order valence-corrected chi connectivity index (χ2v) is 8.66. The lowest BCUT2D eigenvalue weighted by Gasteiger charge is -2.38. The van der Waals surface area contributed by atoms with Gasteiger partial charge in [-0.3, -0.25) is 9.59 Å². The first-order valence-corrected chi connectivity index (χ1v) is 11.0. The van der Waals surface area contributed by atoms with Gasteiger partial charge in [-0.2, -0.15) is 9.50 Å². The van der Waals surface area contributed by atoms with Crippen molar-refractivity contribution in [3.8, 4) is 11.4 Å². The Bertz CT molecular complexity index is 1140. The van der Waals surface area contributed by atoms with Gasteiger partial charge in [0.2, 0.25) is 5.78 Å². The van der Waals surface area contributed by atoms with Crippen LogP contribution in [0.5, 0.6) is 0 Å². The predicted octanol–water partition coefficient (Wildman–Crippen LogP) is 2.92. The zero-order valence-corrected chi connectivity index (χ0v) is 17.7. The van der Waals surface area contributed by atoms with Crippen molar-refractivity contribution < 1.29 is 9.53 Å². The second kappa shape index (κ2) is 7.92. The first-order valence-electron chi connectivity index (χ1n) is 11.0. The molecule has 8 nitrogen and oxygen atoms in total. The highest BCUT2D eigenvalue weighted by Gasteiger charge is 2.45. The summed E-state index contributed by atoms with van der Waals surface area (Å²) >= 11 is 0. The van der Waals surface area contributed by atoms with Crippen molar-refractivity contribution in [2.24, 2.45) is 0 Å². The number of hydrogen-bond acceptors (Lipinski definition) is 5. The van der Waals surface area contributed by atoms with Crippen LogP contribution >= 0.6 is 0 Å². The topological polar surface area (TPSA) is 92.6 Å². The van der Waals surface area contributed by atoms with E-state index in [1.165, 1.54) is 10.6 Å². The molecule has 2 heterocycles. The molecule has 1 amide bonds. The van der Waals surface area contributed by atoms with E-state index in [4.69, 9.17) is 4.74 Å². The molecule has 0 saturated heterocycles. The maximum absolute atomic E-state index is 13.3. The highest BCUT2D eigenvalue weighted by Crippen LogP contribution is 2.37. The molecule has 0 radical (unpaired) electrons. The first kappa shape index (κ1) is 19.9. The van der Waals surface area contributed by atoms with Crippen molar-refractivity contribution in [1.29, 1.82) is 0 Å². The van der Waals surface area contributed by atoms with Crippen LogP contribution in [0.25, 0.3) is 17.2 Å². The van der Waals surface area contributed by atoms with Gasteiger partial charge in [-0.05, 0) is 25.7 Å². The Morgan fingerprint density at radius 1 is 1.23 bits per heavy atom. The van der Waals surface area contributed by atoms with E-state index in [1.807, 2.05) is 42.3 Å². The lowest BCUT2D eigenvalue weighted by molar-refractivity contribution is -0.165. The molecule has 2 aliphatic carbocycles. The largest absolute Gasteiger partial charge is 0.359 e. The maximum Gasteiger partial charge on any atom is 0.275 e. The summed E-state index contributed by atoms with van der Waals surface area (Å²) in [6.07, 6.45) is 6.65. The summed E-state index contributed by atoms with van der Waals surface area (Å²) in [5.41, 5.74) is 0.353. The molecule has 31 heavy (non-hydrogen) atoms. The van der Waals surface area contributed by atoms with Crippen LogP contribution in [0.4, 0.5) is 0 Å². The van der Waals surface area contributed by atoms with Crippen molar-refractivity contribution in [3.05, 3.63) is 52.4 Å². The molecule has 5 rings (SSSR count).